The fourth-order valence-corrected chi connectivity index (χ4v) is 3.06. The van der Waals surface area contributed by atoms with E-state index in [4.69, 9.17) is 18.9 Å². The Hall–Kier alpha value is -3.68. The first-order valence-electron chi connectivity index (χ1n) is 8.73. The quantitative estimate of drug-likeness (QED) is 0.717. The second-order valence-corrected chi connectivity index (χ2v) is 6.18. The van der Waals surface area contributed by atoms with E-state index in [1.807, 2.05) is 0 Å². The van der Waals surface area contributed by atoms with E-state index in [0.29, 0.717) is 34.2 Å². The lowest BCUT2D eigenvalue weighted by molar-refractivity contribution is -0.135. The molecule has 0 atom stereocenters. The number of benzene rings is 2. The number of imide groups is 1. The van der Waals surface area contributed by atoms with E-state index in [2.05, 4.69) is 5.32 Å². The van der Waals surface area contributed by atoms with Crippen LogP contribution in [0.1, 0.15) is 5.56 Å². The summed E-state index contributed by atoms with van der Waals surface area (Å²) >= 11 is 0. The van der Waals surface area contributed by atoms with Crippen molar-refractivity contribution in [2.75, 3.05) is 40.8 Å². The molecule has 152 valence electrons. The van der Waals surface area contributed by atoms with Crippen molar-refractivity contribution in [3.8, 4) is 23.0 Å². The second kappa shape index (κ2) is 8.14. The van der Waals surface area contributed by atoms with E-state index in [9.17, 15) is 9.59 Å². The molecule has 2 amide bonds. The lowest BCUT2D eigenvalue weighted by atomic mass is 10.0. The summed E-state index contributed by atoms with van der Waals surface area (Å²) in [5.74, 6) is 1.17. The summed E-state index contributed by atoms with van der Waals surface area (Å²) in [6.45, 7) is 0. The summed E-state index contributed by atoms with van der Waals surface area (Å²) in [6, 6.07) is 10.2. The van der Waals surface area contributed by atoms with Crippen LogP contribution in [-0.2, 0) is 9.59 Å². The van der Waals surface area contributed by atoms with Gasteiger partial charge in [-0.15, -0.1) is 0 Å². The molecule has 1 aliphatic heterocycles. The number of methoxy groups -OCH3 is 4. The third-order valence-corrected chi connectivity index (χ3v) is 4.63. The minimum absolute atomic E-state index is 0.135. The van der Waals surface area contributed by atoms with Crippen LogP contribution in [0, 0.1) is 0 Å². The van der Waals surface area contributed by atoms with Gasteiger partial charge in [0.25, 0.3) is 11.8 Å². The van der Waals surface area contributed by atoms with E-state index >= 15 is 0 Å². The maximum Gasteiger partial charge on any atom is 0.277 e. The number of likely N-dealkylation sites (N-methyl/N-ethyl adjacent to an activating group) is 1. The summed E-state index contributed by atoms with van der Waals surface area (Å²) < 4.78 is 21.2. The number of hydrogen-bond acceptors (Lipinski definition) is 7. The largest absolute Gasteiger partial charge is 0.497 e. The predicted octanol–water partition coefficient (Wildman–Crippen LogP) is 2.54. The average Bonchev–Trinajstić information content (AvgIpc) is 2.96. The van der Waals surface area contributed by atoms with Crippen LogP contribution in [0.15, 0.2) is 42.1 Å². The first-order valence-corrected chi connectivity index (χ1v) is 8.73. The van der Waals surface area contributed by atoms with Crippen molar-refractivity contribution in [2.45, 2.75) is 0 Å². The molecule has 0 fully saturated rings. The van der Waals surface area contributed by atoms with E-state index in [-0.39, 0.29) is 11.3 Å². The third-order valence-electron chi connectivity index (χ3n) is 4.63. The number of amides is 2. The molecule has 0 saturated carbocycles. The Kier molecular flexibility index (Phi) is 5.63. The molecule has 1 N–H and O–H groups in total. The molecule has 0 radical (unpaired) electrons. The molecule has 3 rings (SSSR count). The minimum atomic E-state index is -0.454. The van der Waals surface area contributed by atoms with Gasteiger partial charge in [0.05, 0.1) is 39.7 Å². The SMILES string of the molecule is COc1ccc(OC)c(NC2=C(c3ccc(OC)c(OC)c3)C(=O)N(C)C2=O)c1. The predicted molar refractivity (Wildman–Crippen MR) is 107 cm³/mol. The smallest absolute Gasteiger partial charge is 0.277 e. The van der Waals surface area contributed by atoms with Crippen LogP contribution in [0.3, 0.4) is 0 Å². The fraction of sp³-hybridized carbons (Fsp3) is 0.238. The molecule has 8 nitrogen and oxygen atoms in total. The molecule has 0 aromatic heterocycles. The van der Waals surface area contributed by atoms with Gasteiger partial charge in [0.2, 0.25) is 0 Å². The van der Waals surface area contributed by atoms with E-state index < -0.39 is 11.8 Å². The lowest BCUT2D eigenvalue weighted by Crippen LogP contribution is -2.28. The fourth-order valence-electron chi connectivity index (χ4n) is 3.06. The van der Waals surface area contributed by atoms with Gasteiger partial charge >= 0.3 is 0 Å². The highest BCUT2D eigenvalue weighted by Gasteiger charge is 2.37. The molecular formula is C21H22N2O6. The molecule has 2 aromatic carbocycles. The summed E-state index contributed by atoms with van der Waals surface area (Å²) in [5, 5.41) is 3.05. The normalized spacial score (nSPS) is 13.6. The Morgan fingerprint density at radius 2 is 1.41 bits per heavy atom. The van der Waals surface area contributed by atoms with Crippen molar-refractivity contribution in [2.24, 2.45) is 0 Å². The highest BCUT2D eigenvalue weighted by atomic mass is 16.5. The van der Waals surface area contributed by atoms with E-state index in [1.54, 1.807) is 36.4 Å². The topological polar surface area (TPSA) is 86.3 Å². The molecule has 0 saturated heterocycles. The van der Waals surface area contributed by atoms with Gasteiger partial charge in [-0.05, 0) is 29.8 Å². The standard InChI is InChI=1S/C21H22N2O6/c1-23-20(24)18(12-6-8-16(28-4)17(10-12)29-5)19(21(23)25)22-14-11-13(26-2)7-9-15(14)27-3/h6-11,22H,1-5H3. The number of ether oxygens (including phenoxy) is 4. The zero-order chi connectivity index (χ0) is 21.1. The van der Waals surface area contributed by atoms with Crippen LogP contribution in [-0.4, -0.2) is 52.2 Å². The van der Waals surface area contributed by atoms with Crippen LogP contribution in [0.2, 0.25) is 0 Å². The van der Waals surface area contributed by atoms with E-state index in [1.165, 1.54) is 35.5 Å². The molecular weight excluding hydrogens is 376 g/mol. The highest BCUT2D eigenvalue weighted by Crippen LogP contribution is 2.37. The highest BCUT2D eigenvalue weighted by molar-refractivity contribution is 6.36. The molecule has 1 aliphatic rings. The molecule has 0 bridgehead atoms. The maximum absolute atomic E-state index is 12.8. The molecule has 0 unspecified atom stereocenters. The van der Waals surface area contributed by atoms with Crippen molar-refractivity contribution in [1.29, 1.82) is 0 Å². The van der Waals surface area contributed by atoms with Gasteiger partial charge in [-0.3, -0.25) is 14.5 Å². The Morgan fingerprint density at radius 1 is 0.759 bits per heavy atom. The Labute approximate surface area is 168 Å². The van der Waals surface area contributed by atoms with Crippen molar-refractivity contribution in [3.05, 3.63) is 47.7 Å². The van der Waals surface area contributed by atoms with Crippen molar-refractivity contribution in [3.63, 3.8) is 0 Å². The first-order chi connectivity index (χ1) is 13.9. The van der Waals surface area contributed by atoms with Gasteiger partial charge in [-0.1, -0.05) is 6.07 Å². The van der Waals surface area contributed by atoms with Gasteiger partial charge in [-0.25, -0.2) is 0 Å². The summed E-state index contributed by atoms with van der Waals surface area (Å²) in [6.07, 6.45) is 0. The lowest BCUT2D eigenvalue weighted by Gasteiger charge is -2.14. The van der Waals surface area contributed by atoms with Crippen molar-refractivity contribution in [1.82, 2.24) is 4.90 Å². The number of rotatable bonds is 7. The Bertz CT molecular complexity index is 999. The number of hydrogen-bond donors (Lipinski definition) is 1. The Morgan fingerprint density at radius 3 is 2.03 bits per heavy atom. The number of anilines is 1. The minimum Gasteiger partial charge on any atom is -0.497 e. The van der Waals surface area contributed by atoms with Crippen LogP contribution in [0.4, 0.5) is 5.69 Å². The van der Waals surface area contributed by atoms with Crippen LogP contribution < -0.4 is 24.3 Å². The molecule has 1 heterocycles. The van der Waals surface area contributed by atoms with Gasteiger partial charge in [-0.2, -0.15) is 0 Å². The number of carbonyl (C=O) groups is 2. The molecule has 2 aromatic rings. The Balaban J connectivity index is 2.14. The summed E-state index contributed by atoms with van der Waals surface area (Å²) in [4.78, 5) is 26.7. The zero-order valence-corrected chi connectivity index (χ0v) is 16.9. The van der Waals surface area contributed by atoms with Gasteiger partial charge in [0, 0.05) is 13.1 Å². The van der Waals surface area contributed by atoms with Gasteiger partial charge < -0.3 is 24.3 Å². The first kappa shape index (κ1) is 20.1. The third kappa shape index (κ3) is 3.56. The molecule has 0 spiro atoms. The molecule has 0 aliphatic carbocycles. The average molecular weight is 398 g/mol. The van der Waals surface area contributed by atoms with E-state index in [0.717, 1.165) is 4.90 Å². The maximum atomic E-state index is 12.8. The molecule has 8 heteroatoms. The van der Waals surface area contributed by atoms with Crippen LogP contribution in [0.5, 0.6) is 23.0 Å². The zero-order valence-electron chi connectivity index (χ0n) is 16.9. The van der Waals surface area contributed by atoms with Gasteiger partial charge in [0.1, 0.15) is 17.2 Å². The monoisotopic (exact) mass is 398 g/mol. The van der Waals surface area contributed by atoms with Crippen molar-refractivity contribution >= 4 is 23.1 Å². The van der Waals surface area contributed by atoms with Crippen LogP contribution >= 0.6 is 0 Å². The number of carbonyl (C=O) groups excluding carboxylic acids is 2. The summed E-state index contributed by atoms with van der Waals surface area (Å²) in [7, 11) is 7.52. The summed E-state index contributed by atoms with van der Waals surface area (Å²) in [5.41, 5.74) is 1.38. The van der Waals surface area contributed by atoms with Crippen molar-refractivity contribution < 1.29 is 28.5 Å². The number of nitrogens with one attached hydrogen (secondary N) is 1. The second-order valence-electron chi connectivity index (χ2n) is 6.18. The number of nitrogens with zero attached hydrogens (tertiary/aromatic N) is 1. The van der Waals surface area contributed by atoms with Gasteiger partial charge in [0.15, 0.2) is 11.5 Å². The molecule has 29 heavy (non-hydrogen) atoms. The van der Waals surface area contributed by atoms with Crippen LogP contribution in [0.25, 0.3) is 5.57 Å².